The summed E-state index contributed by atoms with van der Waals surface area (Å²) >= 11 is 0. The van der Waals surface area contributed by atoms with Crippen LogP contribution in [-0.4, -0.2) is 32.2 Å². The van der Waals surface area contributed by atoms with Crippen LogP contribution in [0.3, 0.4) is 0 Å². The summed E-state index contributed by atoms with van der Waals surface area (Å²) in [5, 5.41) is 7.88. The Labute approximate surface area is 174 Å². The number of ether oxygens (including phenoxy) is 1. The van der Waals surface area contributed by atoms with Crippen molar-refractivity contribution < 1.29 is 9.53 Å². The van der Waals surface area contributed by atoms with Crippen LogP contribution in [0.4, 0.5) is 5.82 Å². The summed E-state index contributed by atoms with van der Waals surface area (Å²) in [6.45, 7) is 2.70. The summed E-state index contributed by atoms with van der Waals surface area (Å²) in [7, 11) is 0. The molecule has 1 aromatic carbocycles. The van der Waals surface area contributed by atoms with Gasteiger partial charge in [0.05, 0.1) is 18.5 Å². The van der Waals surface area contributed by atoms with Crippen molar-refractivity contribution in [3.63, 3.8) is 0 Å². The Balaban J connectivity index is 1.74. The molecule has 0 bridgehead atoms. The van der Waals surface area contributed by atoms with Gasteiger partial charge in [-0.2, -0.15) is 9.61 Å². The number of anilines is 1. The van der Waals surface area contributed by atoms with Crippen LogP contribution in [0.25, 0.3) is 23.0 Å². The second-order valence-electron chi connectivity index (χ2n) is 6.53. The molecule has 0 spiro atoms. The molecule has 4 aromatic rings. The fourth-order valence-corrected chi connectivity index (χ4v) is 3.02. The summed E-state index contributed by atoms with van der Waals surface area (Å²) in [5.74, 6) is 0.393. The van der Waals surface area contributed by atoms with Gasteiger partial charge in [0.15, 0.2) is 5.65 Å². The highest BCUT2D eigenvalue weighted by Gasteiger charge is 2.12. The second kappa shape index (κ2) is 9.00. The first-order valence-electron chi connectivity index (χ1n) is 9.66. The number of carbonyl (C=O) groups is 1. The molecule has 0 atom stereocenters. The molecule has 3 aromatic heterocycles. The maximum Gasteiger partial charge on any atom is 0.330 e. The molecule has 7 heteroatoms. The Morgan fingerprint density at radius 3 is 2.80 bits per heavy atom. The molecule has 0 aliphatic carbocycles. The van der Waals surface area contributed by atoms with E-state index in [2.05, 4.69) is 15.4 Å². The monoisotopic (exact) mass is 399 g/mol. The fraction of sp³-hybridized carbons (Fsp3) is 0.130. The van der Waals surface area contributed by atoms with Crippen LogP contribution in [0.2, 0.25) is 0 Å². The SMILES string of the molecule is CCOC(=O)/C=C/c1cnn2c(NCc3cccnc3)cc(-c3ccccc3)nc12. The minimum Gasteiger partial charge on any atom is -0.463 e. The Hall–Kier alpha value is -4.00. The van der Waals surface area contributed by atoms with Gasteiger partial charge in [0.1, 0.15) is 5.82 Å². The molecule has 0 radical (unpaired) electrons. The molecular weight excluding hydrogens is 378 g/mol. The van der Waals surface area contributed by atoms with Crippen LogP contribution in [0.5, 0.6) is 0 Å². The zero-order valence-corrected chi connectivity index (χ0v) is 16.5. The van der Waals surface area contributed by atoms with Crippen molar-refractivity contribution in [3.8, 4) is 11.3 Å². The van der Waals surface area contributed by atoms with E-state index in [4.69, 9.17) is 9.72 Å². The summed E-state index contributed by atoms with van der Waals surface area (Å²) < 4.78 is 6.69. The third-order valence-electron chi connectivity index (χ3n) is 4.45. The molecule has 4 rings (SSSR count). The largest absolute Gasteiger partial charge is 0.463 e. The summed E-state index contributed by atoms with van der Waals surface area (Å²) in [4.78, 5) is 20.7. The van der Waals surface area contributed by atoms with Crippen LogP contribution in [0.1, 0.15) is 18.1 Å². The van der Waals surface area contributed by atoms with E-state index in [1.165, 1.54) is 6.08 Å². The number of nitrogens with zero attached hydrogens (tertiary/aromatic N) is 4. The number of hydrogen-bond donors (Lipinski definition) is 1. The van der Waals surface area contributed by atoms with Gasteiger partial charge in [-0.3, -0.25) is 4.98 Å². The molecule has 7 nitrogen and oxygen atoms in total. The molecule has 0 amide bonds. The zero-order chi connectivity index (χ0) is 20.8. The van der Waals surface area contributed by atoms with E-state index >= 15 is 0 Å². The lowest BCUT2D eigenvalue weighted by Crippen LogP contribution is -2.07. The first kappa shape index (κ1) is 19.3. The zero-order valence-electron chi connectivity index (χ0n) is 16.5. The third-order valence-corrected chi connectivity index (χ3v) is 4.45. The summed E-state index contributed by atoms with van der Waals surface area (Å²) in [6, 6.07) is 15.8. The molecule has 3 heterocycles. The van der Waals surface area contributed by atoms with Gasteiger partial charge in [-0.25, -0.2) is 9.78 Å². The number of hydrogen-bond acceptors (Lipinski definition) is 6. The molecule has 0 fully saturated rings. The van der Waals surface area contributed by atoms with E-state index in [0.717, 1.165) is 28.2 Å². The smallest absolute Gasteiger partial charge is 0.330 e. The molecule has 0 saturated heterocycles. The quantitative estimate of drug-likeness (QED) is 0.374. The van der Waals surface area contributed by atoms with Crippen LogP contribution < -0.4 is 5.32 Å². The van der Waals surface area contributed by atoms with Crippen molar-refractivity contribution in [3.05, 3.63) is 84.3 Å². The van der Waals surface area contributed by atoms with Crippen LogP contribution in [0.15, 0.2) is 73.2 Å². The Morgan fingerprint density at radius 2 is 2.03 bits per heavy atom. The van der Waals surface area contributed by atoms with Gasteiger partial charge in [-0.1, -0.05) is 36.4 Å². The van der Waals surface area contributed by atoms with Gasteiger partial charge in [0.2, 0.25) is 0 Å². The number of fused-ring (bicyclic) bond motifs is 1. The number of rotatable bonds is 7. The standard InChI is InChI=1S/C23H21N5O2/c1-2-30-22(29)11-10-19-16-26-28-21(25-15-17-7-6-12-24-14-17)13-20(27-23(19)28)18-8-4-3-5-9-18/h3-14,16,25H,2,15H2,1H3/b11-10+. The molecular formula is C23H21N5O2. The van der Waals surface area contributed by atoms with Gasteiger partial charge in [-0.15, -0.1) is 0 Å². The molecule has 0 aliphatic heterocycles. The van der Waals surface area contributed by atoms with Crippen LogP contribution in [-0.2, 0) is 16.1 Å². The van der Waals surface area contributed by atoms with E-state index in [1.807, 2.05) is 54.7 Å². The third kappa shape index (κ3) is 4.35. The van der Waals surface area contributed by atoms with Gasteiger partial charge < -0.3 is 10.1 Å². The second-order valence-corrected chi connectivity index (χ2v) is 6.53. The van der Waals surface area contributed by atoms with Crippen LogP contribution in [0, 0.1) is 0 Å². The van der Waals surface area contributed by atoms with Crippen molar-refractivity contribution in [2.24, 2.45) is 0 Å². The van der Waals surface area contributed by atoms with E-state index in [9.17, 15) is 4.79 Å². The summed E-state index contributed by atoms with van der Waals surface area (Å²) in [6.07, 6.45) is 8.31. The first-order chi connectivity index (χ1) is 14.7. The van der Waals surface area contributed by atoms with Crippen LogP contribution >= 0.6 is 0 Å². The normalized spacial score (nSPS) is 11.1. The average molecular weight is 399 g/mol. The maximum atomic E-state index is 11.7. The number of esters is 1. The van der Waals surface area contributed by atoms with Gasteiger partial charge >= 0.3 is 5.97 Å². The maximum absolute atomic E-state index is 11.7. The van der Waals surface area contributed by atoms with E-state index in [1.54, 1.807) is 29.9 Å². The number of aromatic nitrogens is 4. The van der Waals surface area contributed by atoms with E-state index in [-0.39, 0.29) is 0 Å². The number of nitrogens with one attached hydrogen (secondary N) is 1. The Morgan fingerprint density at radius 1 is 1.17 bits per heavy atom. The Bertz CT molecular complexity index is 1170. The van der Waals surface area contributed by atoms with Gasteiger partial charge in [0, 0.05) is 42.2 Å². The van der Waals surface area contributed by atoms with Gasteiger partial charge in [0.25, 0.3) is 0 Å². The highest BCUT2D eigenvalue weighted by atomic mass is 16.5. The molecule has 0 saturated carbocycles. The Kier molecular flexibility index (Phi) is 5.80. The van der Waals surface area contributed by atoms with E-state index in [0.29, 0.717) is 18.8 Å². The highest BCUT2D eigenvalue weighted by molar-refractivity contribution is 5.88. The van der Waals surface area contributed by atoms with E-state index < -0.39 is 5.97 Å². The summed E-state index contributed by atoms with van der Waals surface area (Å²) in [5.41, 5.74) is 4.23. The lowest BCUT2D eigenvalue weighted by atomic mass is 10.1. The van der Waals surface area contributed by atoms with Crippen molar-refractivity contribution >= 4 is 23.5 Å². The lowest BCUT2D eigenvalue weighted by Gasteiger charge is -2.11. The molecule has 30 heavy (non-hydrogen) atoms. The lowest BCUT2D eigenvalue weighted by molar-refractivity contribution is -0.137. The topological polar surface area (TPSA) is 81.4 Å². The highest BCUT2D eigenvalue weighted by Crippen LogP contribution is 2.24. The fourth-order valence-electron chi connectivity index (χ4n) is 3.02. The predicted molar refractivity (Wildman–Crippen MR) is 116 cm³/mol. The van der Waals surface area contributed by atoms with Gasteiger partial charge in [-0.05, 0) is 24.6 Å². The number of benzene rings is 1. The van der Waals surface area contributed by atoms with Crippen molar-refractivity contribution in [1.82, 2.24) is 19.6 Å². The van der Waals surface area contributed by atoms with Crippen molar-refractivity contribution in [1.29, 1.82) is 0 Å². The molecule has 1 N–H and O–H groups in total. The van der Waals surface area contributed by atoms with Crippen molar-refractivity contribution in [2.75, 3.05) is 11.9 Å². The minimum atomic E-state index is -0.397. The predicted octanol–water partition coefficient (Wildman–Crippen LogP) is 3.98. The molecule has 0 aliphatic rings. The van der Waals surface area contributed by atoms with Crippen molar-refractivity contribution in [2.45, 2.75) is 13.5 Å². The molecule has 150 valence electrons. The molecule has 0 unspecified atom stereocenters. The minimum absolute atomic E-state index is 0.330. The number of pyridine rings is 1. The first-order valence-corrected chi connectivity index (χ1v) is 9.66. The number of carbonyl (C=O) groups excluding carboxylic acids is 1. The average Bonchev–Trinajstić information content (AvgIpc) is 3.20.